The van der Waals surface area contributed by atoms with Gasteiger partial charge < -0.3 is 5.11 Å². The summed E-state index contributed by atoms with van der Waals surface area (Å²) in [6.45, 7) is 0. The van der Waals surface area contributed by atoms with Crippen LogP contribution in [0.5, 0.6) is 0 Å². The van der Waals surface area contributed by atoms with Crippen molar-refractivity contribution in [3.63, 3.8) is 0 Å². The Morgan fingerprint density at radius 2 is 1.45 bits per heavy atom. The Kier molecular flexibility index (Phi) is 3.77. The third-order valence-electron chi connectivity index (χ3n) is 6.78. The van der Waals surface area contributed by atoms with Crippen molar-refractivity contribution in [2.75, 3.05) is 4.90 Å². The van der Waals surface area contributed by atoms with Gasteiger partial charge in [-0.3, -0.25) is 9.59 Å². The van der Waals surface area contributed by atoms with Gasteiger partial charge in [-0.25, -0.2) is 9.29 Å². The number of carbonyl (C=O) groups is 2. The Morgan fingerprint density at radius 3 is 2.03 bits per heavy atom. The predicted octanol–water partition coefficient (Wildman–Crippen LogP) is 4.63. The van der Waals surface area contributed by atoms with E-state index < -0.39 is 41.0 Å². The zero-order chi connectivity index (χ0) is 21.7. The number of carbonyl (C=O) groups excluding carboxylic acids is 2. The van der Waals surface area contributed by atoms with Gasteiger partial charge in [0.1, 0.15) is 11.4 Å². The van der Waals surface area contributed by atoms with Gasteiger partial charge in [-0.1, -0.05) is 53.5 Å². The maximum absolute atomic E-state index is 13.9. The van der Waals surface area contributed by atoms with Gasteiger partial charge in [-0.2, -0.15) is 0 Å². The molecule has 7 rings (SSSR count). The molecule has 2 bridgehead atoms. The van der Waals surface area contributed by atoms with E-state index in [2.05, 4.69) is 0 Å². The van der Waals surface area contributed by atoms with E-state index in [1.165, 1.54) is 18.2 Å². The largest absolute Gasteiger partial charge is 0.379 e. The van der Waals surface area contributed by atoms with Crippen LogP contribution in [0.3, 0.4) is 0 Å². The number of amides is 2. The molecule has 2 unspecified atom stereocenters. The molecule has 1 aliphatic heterocycles. The number of benzene rings is 3. The number of imide groups is 1. The Balaban J connectivity index is 1.66. The second-order valence-corrected chi connectivity index (χ2v) is 8.96. The van der Waals surface area contributed by atoms with Crippen molar-refractivity contribution in [2.45, 2.75) is 11.5 Å². The van der Waals surface area contributed by atoms with E-state index in [1.807, 2.05) is 0 Å². The summed E-state index contributed by atoms with van der Waals surface area (Å²) in [4.78, 5) is 28.2. The highest BCUT2D eigenvalue weighted by Crippen LogP contribution is 2.65. The summed E-state index contributed by atoms with van der Waals surface area (Å²) in [5.41, 5.74) is 0.574. The van der Waals surface area contributed by atoms with Crippen LogP contribution in [0, 0.1) is 17.7 Å². The van der Waals surface area contributed by atoms with Crippen molar-refractivity contribution in [3.8, 4) is 0 Å². The Bertz CT molecular complexity index is 1270. The van der Waals surface area contributed by atoms with Gasteiger partial charge >= 0.3 is 0 Å². The van der Waals surface area contributed by atoms with Crippen LogP contribution in [0.4, 0.5) is 10.1 Å². The van der Waals surface area contributed by atoms with E-state index in [0.717, 1.165) is 11.0 Å². The molecule has 2 atom stereocenters. The zero-order valence-electron chi connectivity index (χ0n) is 15.9. The van der Waals surface area contributed by atoms with Gasteiger partial charge in [0.05, 0.1) is 17.5 Å². The standard InChI is InChI=1S/C24H14Cl2FNO3/c25-15-8-2-6-13-17(15)19-18-14(7-3-9-16(18)26)24(13,31)21-20(19)22(29)28(23(21)30)12-5-1-4-11(27)10-12/h1-10,19-21,31H. The molecule has 3 aliphatic carbocycles. The molecule has 4 aliphatic rings. The SMILES string of the molecule is O=C1C2C3c4c(Cl)cccc4C(O)(c4cccc(Cl)c43)C2C(=O)N1c1cccc(F)c1. The third-order valence-corrected chi connectivity index (χ3v) is 7.43. The third kappa shape index (κ3) is 2.19. The van der Waals surface area contributed by atoms with E-state index >= 15 is 0 Å². The molecule has 3 aromatic rings. The van der Waals surface area contributed by atoms with Crippen molar-refractivity contribution in [1.82, 2.24) is 0 Å². The first-order chi connectivity index (χ1) is 14.9. The van der Waals surface area contributed by atoms with E-state index in [-0.39, 0.29) is 5.69 Å². The van der Waals surface area contributed by atoms with Crippen LogP contribution >= 0.6 is 23.2 Å². The lowest BCUT2D eigenvalue weighted by Crippen LogP contribution is -2.53. The summed E-state index contributed by atoms with van der Waals surface area (Å²) in [5, 5.41) is 13.0. The van der Waals surface area contributed by atoms with Crippen LogP contribution in [0.2, 0.25) is 10.0 Å². The van der Waals surface area contributed by atoms with Gasteiger partial charge in [-0.15, -0.1) is 0 Å². The van der Waals surface area contributed by atoms with Crippen LogP contribution < -0.4 is 4.90 Å². The molecule has 4 nitrogen and oxygen atoms in total. The number of nitrogens with zero attached hydrogens (tertiary/aromatic N) is 1. The Hall–Kier alpha value is -2.73. The fraction of sp³-hybridized carbons (Fsp3) is 0.167. The molecule has 3 aromatic carbocycles. The molecule has 1 fully saturated rings. The van der Waals surface area contributed by atoms with Crippen LogP contribution in [-0.2, 0) is 15.2 Å². The van der Waals surface area contributed by atoms with Gasteiger partial charge in [0.15, 0.2) is 0 Å². The molecule has 154 valence electrons. The monoisotopic (exact) mass is 453 g/mol. The number of anilines is 1. The molecule has 1 saturated heterocycles. The second-order valence-electron chi connectivity index (χ2n) is 8.14. The lowest BCUT2D eigenvalue weighted by Gasteiger charge is -2.51. The number of hydrogen-bond acceptors (Lipinski definition) is 3. The lowest BCUT2D eigenvalue weighted by molar-refractivity contribution is -0.133. The number of aliphatic hydroxyl groups is 1. The minimum Gasteiger partial charge on any atom is -0.379 e. The number of rotatable bonds is 1. The average molecular weight is 454 g/mol. The molecule has 2 amide bonds. The number of halogens is 3. The van der Waals surface area contributed by atoms with Crippen molar-refractivity contribution < 1.29 is 19.1 Å². The maximum Gasteiger partial charge on any atom is 0.241 e. The quantitative estimate of drug-likeness (QED) is 0.546. The Labute approximate surface area is 186 Å². The van der Waals surface area contributed by atoms with E-state index in [4.69, 9.17) is 23.2 Å². The van der Waals surface area contributed by atoms with Crippen LogP contribution in [0.15, 0.2) is 60.7 Å². The van der Waals surface area contributed by atoms with Gasteiger partial charge in [0.25, 0.3) is 0 Å². The van der Waals surface area contributed by atoms with Crippen LogP contribution in [0.1, 0.15) is 28.2 Å². The van der Waals surface area contributed by atoms with Gasteiger partial charge in [0.2, 0.25) is 11.8 Å². The summed E-state index contributed by atoms with van der Waals surface area (Å²) in [7, 11) is 0. The van der Waals surface area contributed by atoms with E-state index in [0.29, 0.717) is 32.3 Å². The highest BCUT2D eigenvalue weighted by molar-refractivity contribution is 6.33. The molecular formula is C24H14Cl2FNO3. The van der Waals surface area contributed by atoms with Crippen LogP contribution in [0.25, 0.3) is 0 Å². The summed E-state index contributed by atoms with van der Waals surface area (Å²) in [5.74, 6) is -4.19. The molecule has 0 aromatic heterocycles. The average Bonchev–Trinajstić information content (AvgIpc) is 3.01. The summed E-state index contributed by atoms with van der Waals surface area (Å²) < 4.78 is 13.9. The predicted molar refractivity (Wildman–Crippen MR) is 114 cm³/mol. The maximum atomic E-state index is 13.9. The van der Waals surface area contributed by atoms with E-state index in [1.54, 1.807) is 36.4 Å². The molecule has 0 saturated carbocycles. The van der Waals surface area contributed by atoms with Crippen molar-refractivity contribution in [2.24, 2.45) is 11.8 Å². The Morgan fingerprint density at radius 1 is 0.871 bits per heavy atom. The molecule has 1 N–H and O–H groups in total. The molecular weight excluding hydrogens is 440 g/mol. The highest BCUT2D eigenvalue weighted by Gasteiger charge is 2.68. The fourth-order valence-corrected chi connectivity index (χ4v) is 6.27. The van der Waals surface area contributed by atoms with Gasteiger partial charge in [0, 0.05) is 16.0 Å². The summed E-state index contributed by atoms with van der Waals surface area (Å²) in [6.07, 6.45) is 0. The molecule has 31 heavy (non-hydrogen) atoms. The zero-order valence-corrected chi connectivity index (χ0v) is 17.4. The van der Waals surface area contributed by atoms with Crippen molar-refractivity contribution in [3.05, 3.63) is 98.8 Å². The topological polar surface area (TPSA) is 57.6 Å². The highest BCUT2D eigenvalue weighted by atomic mass is 35.5. The summed E-state index contributed by atoms with van der Waals surface area (Å²) in [6, 6.07) is 15.6. The summed E-state index contributed by atoms with van der Waals surface area (Å²) >= 11 is 13.1. The van der Waals surface area contributed by atoms with Crippen molar-refractivity contribution >= 4 is 40.7 Å². The lowest BCUT2D eigenvalue weighted by atomic mass is 9.52. The van der Waals surface area contributed by atoms with E-state index in [9.17, 15) is 19.1 Å². The first-order valence-corrected chi connectivity index (χ1v) is 10.5. The molecule has 1 heterocycles. The molecule has 7 heteroatoms. The normalized spacial score (nSPS) is 27.9. The van der Waals surface area contributed by atoms with Gasteiger partial charge in [-0.05, 0) is 52.6 Å². The van der Waals surface area contributed by atoms with Crippen LogP contribution in [-0.4, -0.2) is 16.9 Å². The van der Waals surface area contributed by atoms with Crippen molar-refractivity contribution in [1.29, 1.82) is 0 Å². The minimum absolute atomic E-state index is 0.137. The fourth-order valence-electron chi connectivity index (χ4n) is 5.69. The second kappa shape index (κ2) is 6.16. The molecule has 0 spiro atoms. The first kappa shape index (κ1) is 19.0. The first-order valence-electron chi connectivity index (χ1n) is 9.79. The molecule has 0 radical (unpaired) electrons. The number of hydrogen-bond donors (Lipinski definition) is 1. The smallest absolute Gasteiger partial charge is 0.241 e. The minimum atomic E-state index is -1.78.